The molecule has 1 aliphatic heterocycles. The molecule has 6 heteroatoms. The average molecular weight is 279 g/mol. The molecule has 1 aromatic rings. The molecule has 2 heterocycles. The van der Waals surface area contributed by atoms with Crippen LogP contribution >= 0.6 is 0 Å². The molecule has 0 saturated carbocycles. The predicted molar refractivity (Wildman–Crippen MR) is 73.9 cm³/mol. The van der Waals surface area contributed by atoms with E-state index in [9.17, 15) is 4.79 Å². The van der Waals surface area contributed by atoms with Crippen molar-refractivity contribution in [3.8, 4) is 0 Å². The van der Waals surface area contributed by atoms with Crippen LogP contribution in [-0.2, 0) is 4.74 Å². The normalized spacial score (nSPS) is 20.4. The van der Waals surface area contributed by atoms with E-state index in [1.165, 1.54) is 0 Å². The molecule has 1 aromatic heterocycles. The predicted octanol–water partition coefficient (Wildman–Crippen LogP) is 1.57. The number of carbonyl (C=O) groups is 1. The van der Waals surface area contributed by atoms with Crippen LogP contribution in [-0.4, -0.2) is 51.7 Å². The van der Waals surface area contributed by atoms with E-state index < -0.39 is 5.97 Å². The fraction of sp³-hybridized carbons (Fsp3) is 0.643. The monoisotopic (exact) mass is 279 g/mol. The van der Waals surface area contributed by atoms with Gasteiger partial charge in [0.15, 0.2) is 5.82 Å². The number of aryl methyl sites for hydroxylation is 2. The molecule has 1 aliphatic rings. The third-order valence-electron chi connectivity index (χ3n) is 3.62. The molecule has 20 heavy (non-hydrogen) atoms. The lowest BCUT2D eigenvalue weighted by Gasteiger charge is -2.34. The summed E-state index contributed by atoms with van der Waals surface area (Å²) in [6.45, 7) is 9.98. The van der Waals surface area contributed by atoms with E-state index in [-0.39, 0.29) is 11.7 Å². The fourth-order valence-corrected chi connectivity index (χ4v) is 2.49. The highest BCUT2D eigenvalue weighted by atomic mass is 16.5. The molecule has 1 saturated heterocycles. The number of ether oxygens (including phenoxy) is 1. The Balaban J connectivity index is 2.27. The van der Waals surface area contributed by atoms with E-state index >= 15 is 0 Å². The first-order valence-electron chi connectivity index (χ1n) is 6.84. The van der Waals surface area contributed by atoms with Crippen molar-refractivity contribution >= 4 is 5.97 Å². The van der Waals surface area contributed by atoms with E-state index in [1.54, 1.807) is 13.8 Å². The first-order chi connectivity index (χ1) is 9.40. The number of nitrogens with zero attached hydrogens (tertiary/aromatic N) is 3. The number of rotatable bonds is 3. The van der Waals surface area contributed by atoms with Crippen LogP contribution < -0.4 is 0 Å². The van der Waals surface area contributed by atoms with E-state index in [0.29, 0.717) is 29.9 Å². The summed E-state index contributed by atoms with van der Waals surface area (Å²) in [5.74, 6) is -0.407. The summed E-state index contributed by atoms with van der Waals surface area (Å²) in [7, 11) is 0. The maximum absolute atomic E-state index is 11.2. The van der Waals surface area contributed by atoms with Gasteiger partial charge in [-0.3, -0.25) is 4.90 Å². The van der Waals surface area contributed by atoms with Gasteiger partial charge in [0.25, 0.3) is 0 Å². The van der Waals surface area contributed by atoms with Crippen molar-refractivity contribution < 1.29 is 14.6 Å². The van der Waals surface area contributed by atoms with Crippen molar-refractivity contribution in [1.82, 2.24) is 14.9 Å². The molecule has 0 spiro atoms. The molecule has 0 aromatic carbocycles. The minimum atomic E-state index is -0.986. The zero-order chi connectivity index (χ0) is 14.9. The second-order valence-electron chi connectivity index (χ2n) is 5.38. The summed E-state index contributed by atoms with van der Waals surface area (Å²) in [5.41, 5.74) is 1.17. The maximum Gasteiger partial charge on any atom is 0.339 e. The van der Waals surface area contributed by atoms with E-state index in [4.69, 9.17) is 9.84 Å². The van der Waals surface area contributed by atoms with Crippen LogP contribution in [0.15, 0.2) is 0 Å². The number of carboxylic acid groups (broad SMARTS) is 1. The molecule has 0 amide bonds. The quantitative estimate of drug-likeness (QED) is 0.905. The molecule has 110 valence electrons. The van der Waals surface area contributed by atoms with Crippen LogP contribution in [0.25, 0.3) is 0 Å². The fourth-order valence-electron chi connectivity index (χ4n) is 2.49. The lowest BCUT2D eigenvalue weighted by Crippen LogP contribution is -2.42. The lowest BCUT2D eigenvalue weighted by atomic mass is 10.1. The first-order valence-corrected chi connectivity index (χ1v) is 6.84. The number of hydrogen-bond acceptors (Lipinski definition) is 5. The highest BCUT2D eigenvalue weighted by molar-refractivity contribution is 5.89. The van der Waals surface area contributed by atoms with Crippen molar-refractivity contribution in [2.75, 3.05) is 19.7 Å². The van der Waals surface area contributed by atoms with Gasteiger partial charge in [0.05, 0.1) is 18.0 Å². The van der Waals surface area contributed by atoms with E-state index in [2.05, 4.69) is 28.7 Å². The van der Waals surface area contributed by atoms with Gasteiger partial charge in [0.1, 0.15) is 11.7 Å². The van der Waals surface area contributed by atoms with Crippen molar-refractivity contribution in [3.63, 3.8) is 0 Å². The summed E-state index contributed by atoms with van der Waals surface area (Å²) in [5, 5.41) is 9.14. The summed E-state index contributed by atoms with van der Waals surface area (Å²) in [4.78, 5) is 22.1. The minimum absolute atomic E-state index is 0.185. The average Bonchev–Trinajstić information content (AvgIpc) is 2.37. The highest BCUT2D eigenvalue weighted by Gasteiger charge is 2.27. The molecule has 2 rings (SSSR count). The summed E-state index contributed by atoms with van der Waals surface area (Å²) in [6.07, 6.45) is -0.189. The van der Waals surface area contributed by atoms with Crippen LogP contribution in [0.4, 0.5) is 0 Å². The Morgan fingerprint density at radius 1 is 1.35 bits per heavy atom. The van der Waals surface area contributed by atoms with Gasteiger partial charge >= 0.3 is 5.97 Å². The van der Waals surface area contributed by atoms with Gasteiger partial charge < -0.3 is 9.84 Å². The minimum Gasteiger partial charge on any atom is -0.478 e. The molecular weight excluding hydrogens is 258 g/mol. The van der Waals surface area contributed by atoms with Gasteiger partial charge in [-0.2, -0.15) is 0 Å². The summed E-state index contributed by atoms with van der Waals surface area (Å²) >= 11 is 0. The van der Waals surface area contributed by atoms with Crippen molar-refractivity contribution in [3.05, 3.63) is 22.8 Å². The number of carboxylic acids is 1. The van der Waals surface area contributed by atoms with Gasteiger partial charge in [-0.15, -0.1) is 0 Å². The molecule has 1 atom stereocenters. The summed E-state index contributed by atoms with van der Waals surface area (Å²) in [6, 6.07) is 0.446. The molecular formula is C14H21N3O3. The Hall–Kier alpha value is -1.53. The van der Waals surface area contributed by atoms with Crippen LogP contribution in [0.2, 0.25) is 0 Å². The van der Waals surface area contributed by atoms with Gasteiger partial charge in [0, 0.05) is 19.1 Å². The Morgan fingerprint density at radius 3 is 2.45 bits per heavy atom. The van der Waals surface area contributed by atoms with E-state index in [0.717, 1.165) is 13.1 Å². The van der Waals surface area contributed by atoms with Gasteiger partial charge in [-0.1, -0.05) is 0 Å². The third kappa shape index (κ3) is 2.96. The number of hydrogen-bond donors (Lipinski definition) is 1. The number of aromatic carboxylic acids is 1. The molecule has 0 bridgehead atoms. The first kappa shape index (κ1) is 14.9. The zero-order valence-corrected chi connectivity index (χ0v) is 12.4. The highest BCUT2D eigenvalue weighted by Crippen LogP contribution is 2.22. The van der Waals surface area contributed by atoms with Crippen molar-refractivity contribution in [2.24, 2.45) is 0 Å². The third-order valence-corrected chi connectivity index (χ3v) is 3.62. The zero-order valence-electron chi connectivity index (χ0n) is 12.4. The maximum atomic E-state index is 11.2. The summed E-state index contributed by atoms with van der Waals surface area (Å²) < 4.78 is 5.74. The van der Waals surface area contributed by atoms with Gasteiger partial charge in [-0.25, -0.2) is 14.8 Å². The lowest BCUT2D eigenvalue weighted by molar-refractivity contribution is -0.0444. The number of aromatic nitrogens is 2. The second-order valence-corrected chi connectivity index (χ2v) is 5.38. The molecule has 1 unspecified atom stereocenters. The second kappa shape index (κ2) is 5.85. The Labute approximate surface area is 118 Å². The standard InChI is InChI=1S/C14H21N3O3/c1-8(2)17-5-6-20-11(7-17)13-15-9(3)12(14(18)19)10(4)16-13/h8,11H,5-7H2,1-4H3,(H,18,19). The molecule has 0 aliphatic carbocycles. The van der Waals surface area contributed by atoms with Crippen molar-refractivity contribution in [1.29, 1.82) is 0 Å². The van der Waals surface area contributed by atoms with Crippen molar-refractivity contribution in [2.45, 2.75) is 39.8 Å². The van der Waals surface area contributed by atoms with E-state index in [1.807, 2.05) is 0 Å². The molecule has 0 radical (unpaired) electrons. The van der Waals surface area contributed by atoms with Gasteiger partial charge in [-0.05, 0) is 27.7 Å². The topological polar surface area (TPSA) is 75.5 Å². The Kier molecular flexibility index (Phi) is 4.35. The van der Waals surface area contributed by atoms with Crippen LogP contribution in [0, 0.1) is 13.8 Å². The van der Waals surface area contributed by atoms with Crippen LogP contribution in [0.1, 0.15) is 47.5 Å². The smallest absolute Gasteiger partial charge is 0.339 e. The molecule has 1 fully saturated rings. The Bertz CT molecular complexity index is 493. The molecule has 1 N–H and O–H groups in total. The number of morpholine rings is 1. The van der Waals surface area contributed by atoms with Crippen LogP contribution in [0.3, 0.4) is 0 Å². The largest absolute Gasteiger partial charge is 0.478 e. The van der Waals surface area contributed by atoms with Gasteiger partial charge in [0.2, 0.25) is 0 Å². The van der Waals surface area contributed by atoms with Crippen LogP contribution in [0.5, 0.6) is 0 Å². The Morgan fingerprint density at radius 2 is 1.95 bits per heavy atom. The molecule has 6 nitrogen and oxygen atoms in total. The SMILES string of the molecule is Cc1nc(C2CN(C(C)C)CCO2)nc(C)c1C(=O)O.